The van der Waals surface area contributed by atoms with E-state index in [4.69, 9.17) is 4.52 Å². The Morgan fingerprint density at radius 2 is 2.09 bits per heavy atom. The summed E-state index contributed by atoms with van der Waals surface area (Å²) in [5.74, 6) is -0.227. The molecule has 0 bridgehead atoms. The molecule has 1 rings (SSSR count). The molecule has 0 aliphatic carbocycles. The number of nitrogens with zero attached hydrogens (tertiary/aromatic N) is 3. The maximum absolute atomic E-state index is 12.7. The third kappa shape index (κ3) is 6.31. The molecule has 11 heteroatoms. The first-order valence-corrected chi connectivity index (χ1v) is 10.2. The second-order valence-electron chi connectivity index (χ2n) is 4.79. The summed E-state index contributed by atoms with van der Waals surface area (Å²) < 4.78 is 19.7. The van der Waals surface area contributed by atoms with Gasteiger partial charge in [0.1, 0.15) is 18.5 Å². The van der Waals surface area contributed by atoms with E-state index in [1.165, 1.54) is 10.8 Å². The van der Waals surface area contributed by atoms with E-state index in [9.17, 15) is 14.7 Å². The van der Waals surface area contributed by atoms with E-state index < -0.39 is 12.6 Å². The number of alkyl halides is 1. The number of nitrogens with one attached hydrogen (secondary N) is 2. The molecule has 0 fully saturated rings. The van der Waals surface area contributed by atoms with Crippen LogP contribution in [0.15, 0.2) is 6.20 Å². The first-order chi connectivity index (χ1) is 11.0. The van der Waals surface area contributed by atoms with Crippen LogP contribution in [0.25, 0.3) is 0 Å². The Bertz CT molecular complexity index is 542. The van der Waals surface area contributed by atoms with Crippen molar-refractivity contribution in [1.82, 2.24) is 19.7 Å². The second-order valence-corrected chi connectivity index (χ2v) is 7.58. The highest BCUT2D eigenvalue weighted by Gasteiger charge is 2.25. The van der Waals surface area contributed by atoms with Gasteiger partial charge in [0.15, 0.2) is 0 Å². The van der Waals surface area contributed by atoms with Gasteiger partial charge in [-0.05, 0) is 17.8 Å². The molecular formula is C12H23BrN5O4P. The summed E-state index contributed by atoms with van der Waals surface area (Å²) in [4.78, 5) is 14.3. The molecule has 0 saturated heterocycles. The monoisotopic (exact) mass is 411 g/mol. The Labute approximate surface area is 144 Å². The highest BCUT2D eigenvalue weighted by atomic mass is 79.9. The number of rotatable bonds is 12. The fourth-order valence-electron chi connectivity index (χ4n) is 1.88. The number of aromatic nitrogens is 2. The highest BCUT2D eigenvalue weighted by Crippen LogP contribution is 2.38. The van der Waals surface area contributed by atoms with Crippen molar-refractivity contribution >= 4 is 29.5 Å². The molecule has 0 aromatic carbocycles. The van der Waals surface area contributed by atoms with Gasteiger partial charge >= 0.3 is 13.6 Å². The van der Waals surface area contributed by atoms with E-state index in [0.717, 1.165) is 12.8 Å². The van der Waals surface area contributed by atoms with E-state index in [0.29, 0.717) is 30.7 Å². The van der Waals surface area contributed by atoms with Crippen molar-refractivity contribution < 1.29 is 14.0 Å². The fraction of sp³-hybridized carbons (Fsp3) is 0.750. The predicted octanol–water partition coefficient (Wildman–Crippen LogP) is 2.81. The molecule has 1 unspecified atom stereocenters. The van der Waals surface area contributed by atoms with Crippen molar-refractivity contribution in [3.05, 3.63) is 22.0 Å². The Morgan fingerprint density at radius 1 is 1.39 bits per heavy atom. The zero-order valence-corrected chi connectivity index (χ0v) is 15.8. The molecule has 1 aromatic heterocycles. The Hall–Kier alpha value is -0.800. The third-order valence-electron chi connectivity index (χ3n) is 2.91. The van der Waals surface area contributed by atoms with Crippen molar-refractivity contribution in [2.75, 3.05) is 18.4 Å². The Kier molecular flexibility index (Phi) is 8.93. The molecule has 1 atom stereocenters. The standard InChI is InChI=1S/C12H23BrN5O4P/c1-3-6-15-23(21,16-7-5-13)22-10-11-9-14-12(18(19)20)17(11)8-4-2/h9H,3-8,10H2,1-2H3,(H2,15,16,21). The summed E-state index contributed by atoms with van der Waals surface area (Å²) in [5, 5.41) is 17.3. The number of nitro groups is 1. The van der Waals surface area contributed by atoms with Crippen molar-refractivity contribution in [1.29, 1.82) is 0 Å². The van der Waals surface area contributed by atoms with Gasteiger partial charge in [0.2, 0.25) is 0 Å². The molecule has 23 heavy (non-hydrogen) atoms. The average molecular weight is 412 g/mol. The van der Waals surface area contributed by atoms with Crippen molar-refractivity contribution in [3.8, 4) is 0 Å². The Balaban J connectivity index is 2.84. The van der Waals surface area contributed by atoms with Gasteiger partial charge < -0.3 is 10.1 Å². The molecule has 9 nitrogen and oxygen atoms in total. The molecular weight excluding hydrogens is 389 g/mol. The number of hydrogen-bond acceptors (Lipinski definition) is 5. The predicted molar refractivity (Wildman–Crippen MR) is 91.7 cm³/mol. The van der Waals surface area contributed by atoms with Gasteiger partial charge in [0, 0.05) is 18.4 Å². The molecule has 1 aromatic rings. The lowest BCUT2D eigenvalue weighted by atomic mass is 10.4. The molecule has 0 saturated carbocycles. The van der Waals surface area contributed by atoms with E-state index in [2.05, 4.69) is 31.1 Å². The summed E-state index contributed by atoms with van der Waals surface area (Å²) >= 11 is 3.26. The zero-order chi connectivity index (χ0) is 17.3. The third-order valence-corrected chi connectivity index (χ3v) is 5.08. The quantitative estimate of drug-likeness (QED) is 0.235. The molecule has 2 N–H and O–H groups in total. The lowest BCUT2D eigenvalue weighted by molar-refractivity contribution is -0.396. The molecule has 132 valence electrons. The summed E-state index contributed by atoms with van der Waals surface area (Å²) in [6, 6.07) is 0. The van der Waals surface area contributed by atoms with Gasteiger partial charge in [-0.1, -0.05) is 34.8 Å². The van der Waals surface area contributed by atoms with Gasteiger partial charge in [-0.2, -0.15) is 0 Å². The van der Waals surface area contributed by atoms with Crippen LogP contribution in [0.4, 0.5) is 5.95 Å². The smallest absolute Gasteiger partial charge is 0.390 e. The minimum Gasteiger partial charge on any atom is -0.390 e. The lowest BCUT2D eigenvalue weighted by Gasteiger charge is -2.19. The maximum Gasteiger partial charge on any atom is 0.434 e. The van der Waals surface area contributed by atoms with Crippen LogP contribution in [-0.2, 0) is 22.2 Å². The minimum absolute atomic E-state index is 0.0237. The van der Waals surface area contributed by atoms with E-state index in [1.54, 1.807) is 0 Å². The molecule has 0 aliphatic heterocycles. The van der Waals surface area contributed by atoms with Crippen LogP contribution in [0.3, 0.4) is 0 Å². The van der Waals surface area contributed by atoms with Gasteiger partial charge in [0.25, 0.3) is 0 Å². The molecule has 0 spiro atoms. The van der Waals surface area contributed by atoms with Crippen molar-refractivity contribution in [3.63, 3.8) is 0 Å². The molecule has 0 aliphatic rings. The summed E-state index contributed by atoms with van der Waals surface area (Å²) in [6.45, 7) is 5.32. The van der Waals surface area contributed by atoms with E-state index in [1.807, 2.05) is 13.8 Å². The Morgan fingerprint density at radius 3 is 2.65 bits per heavy atom. The van der Waals surface area contributed by atoms with Crippen LogP contribution in [0, 0.1) is 10.1 Å². The first-order valence-electron chi connectivity index (χ1n) is 7.47. The van der Waals surface area contributed by atoms with Gasteiger partial charge in [-0.3, -0.25) is 9.09 Å². The minimum atomic E-state index is -3.21. The highest BCUT2D eigenvalue weighted by molar-refractivity contribution is 9.09. The van der Waals surface area contributed by atoms with Crippen LogP contribution in [0.5, 0.6) is 0 Å². The van der Waals surface area contributed by atoms with E-state index in [-0.39, 0.29) is 12.6 Å². The summed E-state index contributed by atoms with van der Waals surface area (Å²) in [5.41, 5.74) is 0.526. The molecule has 1 heterocycles. The summed E-state index contributed by atoms with van der Waals surface area (Å²) in [7, 11) is -3.21. The van der Waals surface area contributed by atoms with Gasteiger partial charge in [-0.15, -0.1) is 0 Å². The van der Waals surface area contributed by atoms with Gasteiger partial charge in [0.05, 0.1) is 6.54 Å². The largest absolute Gasteiger partial charge is 0.434 e. The first kappa shape index (κ1) is 20.2. The molecule has 0 amide bonds. The van der Waals surface area contributed by atoms with Crippen molar-refractivity contribution in [2.45, 2.75) is 39.8 Å². The summed E-state index contributed by atoms with van der Waals surface area (Å²) in [6.07, 6.45) is 2.92. The average Bonchev–Trinajstić information content (AvgIpc) is 2.93. The molecule has 0 radical (unpaired) electrons. The lowest BCUT2D eigenvalue weighted by Crippen LogP contribution is -2.26. The van der Waals surface area contributed by atoms with Gasteiger partial charge in [-0.25, -0.2) is 14.7 Å². The number of halogens is 1. The second kappa shape index (κ2) is 10.1. The van der Waals surface area contributed by atoms with Crippen LogP contribution in [0.2, 0.25) is 0 Å². The van der Waals surface area contributed by atoms with Crippen molar-refractivity contribution in [2.24, 2.45) is 0 Å². The van der Waals surface area contributed by atoms with Crippen LogP contribution in [0.1, 0.15) is 32.4 Å². The SMILES string of the molecule is CCCNP(=O)(NCCBr)OCc1cnc([N+](=O)[O-])n1CCC. The zero-order valence-electron chi connectivity index (χ0n) is 13.3. The number of imidazole rings is 1. The fourth-order valence-corrected chi connectivity index (χ4v) is 3.92. The number of hydrogen-bond donors (Lipinski definition) is 2. The maximum atomic E-state index is 12.7. The van der Waals surface area contributed by atoms with Crippen LogP contribution >= 0.6 is 23.6 Å². The van der Waals surface area contributed by atoms with E-state index >= 15 is 0 Å². The van der Waals surface area contributed by atoms with Crippen LogP contribution < -0.4 is 10.2 Å². The normalized spacial score (nSPS) is 13.9. The van der Waals surface area contributed by atoms with Crippen LogP contribution in [-0.4, -0.2) is 32.9 Å². The topological polar surface area (TPSA) is 111 Å².